The Morgan fingerprint density at radius 3 is 2.46 bits per heavy atom. The molecule has 0 fully saturated rings. The highest BCUT2D eigenvalue weighted by Gasteiger charge is 2.22. The second-order valence-electron chi connectivity index (χ2n) is 5.17. The topological polar surface area (TPSA) is 98.0 Å². The first-order valence-electron chi connectivity index (χ1n) is 7.01. The number of hydrogen-bond acceptors (Lipinski definition) is 5. The smallest absolute Gasteiger partial charge is 0.261 e. The summed E-state index contributed by atoms with van der Waals surface area (Å²) >= 11 is 6.97. The lowest BCUT2D eigenvalue weighted by molar-refractivity contribution is 0.100. The van der Waals surface area contributed by atoms with Crippen LogP contribution in [0.15, 0.2) is 24.3 Å². The predicted molar refractivity (Wildman–Crippen MR) is 94.8 cm³/mol. The first-order valence-corrected chi connectivity index (χ1v) is 8.20. The van der Waals surface area contributed by atoms with Crippen LogP contribution in [-0.2, 0) is 0 Å². The van der Waals surface area contributed by atoms with E-state index in [1.165, 1.54) is 0 Å². The number of nitrogens with one attached hydrogen (secondary N) is 1. The number of aryl methyl sites for hydroxylation is 2. The largest absolute Gasteiger partial charge is 0.365 e. The van der Waals surface area contributed by atoms with Gasteiger partial charge in [0.1, 0.15) is 15.5 Å². The molecule has 6 nitrogen and oxygen atoms in total. The van der Waals surface area contributed by atoms with Crippen molar-refractivity contribution in [1.29, 1.82) is 0 Å². The molecule has 0 saturated heterocycles. The molecule has 0 aliphatic rings. The molecule has 122 valence electrons. The van der Waals surface area contributed by atoms with Crippen molar-refractivity contribution in [2.75, 3.05) is 5.32 Å². The number of carbonyl (C=O) groups is 2. The van der Waals surface area contributed by atoms with Crippen molar-refractivity contribution in [2.45, 2.75) is 13.8 Å². The van der Waals surface area contributed by atoms with Gasteiger partial charge in [0, 0.05) is 10.6 Å². The molecule has 0 spiro atoms. The maximum absolute atomic E-state index is 12.5. The molecule has 0 aliphatic carbocycles. The number of rotatable bonds is 3. The van der Waals surface area contributed by atoms with E-state index in [2.05, 4.69) is 15.3 Å². The Hall–Kier alpha value is -2.51. The Morgan fingerprint density at radius 1 is 1.17 bits per heavy atom. The standard InChI is InChI=1S/C16H13ClN4O2S/c1-7-11-12(21-15(23)9-3-5-10(17)6-4-9)13(14(18)22)24-16(11)20-8(2)19-7/h3-6H,1-2H3,(H2,18,22)(H,21,23). The van der Waals surface area contributed by atoms with Crippen molar-refractivity contribution in [2.24, 2.45) is 5.73 Å². The van der Waals surface area contributed by atoms with E-state index < -0.39 is 5.91 Å². The number of fused-ring (bicyclic) bond motifs is 1. The van der Waals surface area contributed by atoms with E-state index in [0.29, 0.717) is 38.0 Å². The molecule has 0 unspecified atom stereocenters. The number of anilines is 1. The average molecular weight is 361 g/mol. The highest BCUT2D eigenvalue weighted by atomic mass is 35.5. The van der Waals surface area contributed by atoms with E-state index in [1.807, 2.05) is 0 Å². The normalized spacial score (nSPS) is 10.8. The van der Waals surface area contributed by atoms with Gasteiger partial charge < -0.3 is 11.1 Å². The molecule has 1 aromatic carbocycles. The van der Waals surface area contributed by atoms with E-state index in [0.717, 1.165) is 11.3 Å². The number of hydrogen-bond donors (Lipinski definition) is 2. The highest BCUT2D eigenvalue weighted by molar-refractivity contribution is 7.21. The van der Waals surface area contributed by atoms with Crippen LogP contribution in [0.4, 0.5) is 5.69 Å². The summed E-state index contributed by atoms with van der Waals surface area (Å²) in [6.07, 6.45) is 0. The van der Waals surface area contributed by atoms with Gasteiger partial charge in [0.15, 0.2) is 0 Å². The number of nitrogens with two attached hydrogens (primary N) is 1. The van der Waals surface area contributed by atoms with Crippen LogP contribution in [0.25, 0.3) is 10.2 Å². The lowest BCUT2D eigenvalue weighted by atomic mass is 10.2. The molecule has 0 atom stereocenters. The summed E-state index contributed by atoms with van der Waals surface area (Å²) in [7, 11) is 0. The molecule has 8 heteroatoms. The zero-order valence-corrected chi connectivity index (χ0v) is 14.5. The highest BCUT2D eigenvalue weighted by Crippen LogP contribution is 2.36. The Bertz CT molecular complexity index is 966. The Balaban J connectivity index is 2.10. The number of carbonyl (C=O) groups excluding carboxylic acids is 2. The van der Waals surface area contributed by atoms with Gasteiger partial charge in [-0.1, -0.05) is 11.6 Å². The van der Waals surface area contributed by atoms with E-state index in [9.17, 15) is 9.59 Å². The minimum Gasteiger partial charge on any atom is -0.365 e. The summed E-state index contributed by atoms with van der Waals surface area (Å²) in [6, 6.07) is 6.44. The molecule has 3 rings (SSSR count). The minimum absolute atomic E-state index is 0.246. The Morgan fingerprint density at radius 2 is 1.83 bits per heavy atom. The fourth-order valence-corrected chi connectivity index (χ4v) is 3.59. The monoisotopic (exact) mass is 360 g/mol. The fraction of sp³-hybridized carbons (Fsp3) is 0.125. The van der Waals surface area contributed by atoms with Crippen LogP contribution in [-0.4, -0.2) is 21.8 Å². The summed E-state index contributed by atoms with van der Waals surface area (Å²) in [5.74, 6) is -0.400. The van der Waals surface area contributed by atoms with Gasteiger partial charge in [-0.2, -0.15) is 0 Å². The van der Waals surface area contributed by atoms with Crippen LogP contribution in [0.2, 0.25) is 5.02 Å². The van der Waals surface area contributed by atoms with Crippen LogP contribution in [0.1, 0.15) is 31.5 Å². The lowest BCUT2D eigenvalue weighted by Gasteiger charge is -2.07. The van der Waals surface area contributed by atoms with Crippen molar-refractivity contribution in [3.63, 3.8) is 0 Å². The number of halogens is 1. The first-order chi connectivity index (χ1) is 11.4. The van der Waals surface area contributed by atoms with Crippen LogP contribution in [0, 0.1) is 13.8 Å². The van der Waals surface area contributed by atoms with E-state index >= 15 is 0 Å². The molecule has 3 aromatic rings. The van der Waals surface area contributed by atoms with Gasteiger partial charge in [0.2, 0.25) is 0 Å². The van der Waals surface area contributed by atoms with Crippen LogP contribution in [0.5, 0.6) is 0 Å². The molecular weight excluding hydrogens is 348 g/mol. The van der Waals surface area contributed by atoms with E-state index in [4.69, 9.17) is 17.3 Å². The summed E-state index contributed by atoms with van der Waals surface area (Å²) < 4.78 is 0. The third-order valence-corrected chi connectivity index (χ3v) is 4.76. The van der Waals surface area contributed by atoms with Crippen molar-refractivity contribution in [3.05, 3.63) is 51.2 Å². The van der Waals surface area contributed by atoms with Crippen molar-refractivity contribution in [1.82, 2.24) is 9.97 Å². The number of benzene rings is 1. The van der Waals surface area contributed by atoms with Crippen molar-refractivity contribution < 1.29 is 9.59 Å². The van der Waals surface area contributed by atoms with Gasteiger partial charge in [0.25, 0.3) is 11.8 Å². The number of amides is 2. The van der Waals surface area contributed by atoms with Crippen LogP contribution >= 0.6 is 22.9 Å². The van der Waals surface area contributed by atoms with Gasteiger partial charge in [0.05, 0.1) is 16.8 Å². The second-order valence-corrected chi connectivity index (χ2v) is 6.60. The first kappa shape index (κ1) is 16.4. The number of thiophene rings is 1. The molecule has 2 amide bonds. The molecule has 0 radical (unpaired) electrons. The zero-order valence-electron chi connectivity index (χ0n) is 12.9. The minimum atomic E-state index is -0.624. The maximum atomic E-state index is 12.5. The van der Waals surface area contributed by atoms with Gasteiger partial charge in [-0.15, -0.1) is 11.3 Å². The molecule has 2 aromatic heterocycles. The summed E-state index contributed by atoms with van der Waals surface area (Å²) in [5, 5.41) is 3.92. The fourth-order valence-electron chi connectivity index (χ4n) is 2.38. The van der Waals surface area contributed by atoms with Gasteiger partial charge in [-0.05, 0) is 38.1 Å². The Kier molecular flexibility index (Phi) is 4.21. The number of nitrogens with zero attached hydrogens (tertiary/aromatic N) is 2. The van der Waals surface area contributed by atoms with Crippen LogP contribution in [0.3, 0.4) is 0 Å². The lowest BCUT2D eigenvalue weighted by Crippen LogP contribution is -2.16. The maximum Gasteiger partial charge on any atom is 0.261 e. The van der Waals surface area contributed by atoms with Gasteiger partial charge in [-0.3, -0.25) is 9.59 Å². The second kappa shape index (κ2) is 6.18. The summed E-state index contributed by atoms with van der Waals surface area (Å²) in [6.45, 7) is 3.56. The molecule has 0 saturated carbocycles. The number of primary amides is 1. The quantitative estimate of drug-likeness (QED) is 0.748. The number of aromatic nitrogens is 2. The van der Waals surface area contributed by atoms with E-state index in [-0.39, 0.29) is 10.8 Å². The van der Waals surface area contributed by atoms with Crippen molar-refractivity contribution >= 4 is 50.7 Å². The SMILES string of the molecule is Cc1nc(C)c2c(NC(=O)c3ccc(Cl)cc3)c(C(N)=O)sc2n1. The molecule has 24 heavy (non-hydrogen) atoms. The Labute approximate surface area is 146 Å². The van der Waals surface area contributed by atoms with Gasteiger partial charge >= 0.3 is 0 Å². The van der Waals surface area contributed by atoms with Crippen molar-refractivity contribution in [3.8, 4) is 0 Å². The molecule has 0 aliphatic heterocycles. The third kappa shape index (κ3) is 2.95. The van der Waals surface area contributed by atoms with Gasteiger partial charge in [-0.25, -0.2) is 9.97 Å². The average Bonchev–Trinajstić information content (AvgIpc) is 2.86. The van der Waals surface area contributed by atoms with Crippen LogP contribution < -0.4 is 11.1 Å². The summed E-state index contributed by atoms with van der Waals surface area (Å²) in [4.78, 5) is 33.7. The molecular formula is C16H13ClN4O2S. The third-order valence-electron chi connectivity index (χ3n) is 3.41. The zero-order chi connectivity index (χ0) is 17.4. The molecule has 2 heterocycles. The predicted octanol–water partition coefficient (Wildman–Crippen LogP) is 3.31. The molecule has 3 N–H and O–H groups in total. The van der Waals surface area contributed by atoms with E-state index in [1.54, 1.807) is 38.1 Å². The summed E-state index contributed by atoms with van der Waals surface area (Å²) in [5.41, 5.74) is 6.89. The molecule has 0 bridgehead atoms.